The smallest absolute Gasteiger partial charge is 0.303 e. The molecule has 2 heterocycles. The minimum Gasteiger partial charge on any atom is -0.493 e. The Kier molecular flexibility index (Phi) is 7.78. The predicted molar refractivity (Wildman–Crippen MR) is 170 cm³/mol. The molecule has 232 valence electrons. The summed E-state index contributed by atoms with van der Waals surface area (Å²) in [5, 5.41) is 0. The molecule has 2 aromatic carbocycles. The third-order valence-corrected chi connectivity index (χ3v) is 10.4. The molecule has 44 heavy (non-hydrogen) atoms. The molecule has 7 nitrogen and oxygen atoms in total. The SMILES string of the molecule is C=CCN1CC[C@]23c4c5ccc(OC)c4O[C@H]2[C@H](N(CC(C)C)C(=O)C#Cc2ccc(C)c(C)c2)CC[C@@]3(OC(C)=O)[C@H]1C5. The van der Waals surface area contributed by atoms with Crippen molar-refractivity contribution in [3.05, 3.63) is 70.8 Å². The average Bonchev–Trinajstić information content (AvgIpc) is 3.33. The van der Waals surface area contributed by atoms with Crippen LogP contribution >= 0.6 is 0 Å². The largest absolute Gasteiger partial charge is 0.493 e. The molecule has 0 unspecified atom stereocenters. The number of methoxy groups -OCH3 is 1. The number of nitrogens with zero attached hydrogens (tertiary/aromatic N) is 2. The van der Waals surface area contributed by atoms with E-state index in [0.717, 1.165) is 41.8 Å². The normalized spacial score (nSPS) is 27.8. The number of benzene rings is 2. The first kappa shape index (κ1) is 30.3. The first-order valence-corrected chi connectivity index (χ1v) is 15.9. The third kappa shape index (κ3) is 4.53. The summed E-state index contributed by atoms with van der Waals surface area (Å²) < 4.78 is 19.4. The summed E-state index contributed by atoms with van der Waals surface area (Å²) in [7, 11) is 1.66. The van der Waals surface area contributed by atoms with Gasteiger partial charge < -0.3 is 19.1 Å². The van der Waals surface area contributed by atoms with E-state index in [1.807, 2.05) is 35.2 Å². The summed E-state index contributed by atoms with van der Waals surface area (Å²) in [6.45, 7) is 16.0. The van der Waals surface area contributed by atoms with Gasteiger partial charge in [-0.1, -0.05) is 38.0 Å². The summed E-state index contributed by atoms with van der Waals surface area (Å²) in [6, 6.07) is 9.87. The lowest BCUT2D eigenvalue weighted by Gasteiger charge is -2.65. The van der Waals surface area contributed by atoms with Gasteiger partial charge in [0.05, 0.1) is 24.6 Å². The fourth-order valence-electron chi connectivity index (χ4n) is 8.67. The van der Waals surface area contributed by atoms with Gasteiger partial charge in [0.15, 0.2) is 11.5 Å². The predicted octanol–water partition coefficient (Wildman–Crippen LogP) is 5.13. The first-order valence-electron chi connectivity index (χ1n) is 15.9. The van der Waals surface area contributed by atoms with Gasteiger partial charge in [-0.3, -0.25) is 14.5 Å². The number of ether oxygens (including phenoxy) is 3. The standard InChI is InChI=1S/C37H44N2O5/c1-8-18-38-19-17-36-33-28-12-13-30(42-7)34(33)43-35(36)29(15-16-37(36,31(38)21-28)44-26(6)40)39(22-23(2)3)32(41)14-11-27-10-9-24(4)25(5)20-27/h8-10,12-13,20,23,29,31,35H,1,15-19,21-22H2,2-7H3/t29-,31-,35+,36+,37-/m1/s1. The van der Waals surface area contributed by atoms with Crippen molar-refractivity contribution in [2.75, 3.05) is 26.7 Å². The second-order valence-electron chi connectivity index (χ2n) is 13.4. The van der Waals surface area contributed by atoms with Crippen LogP contribution in [0.5, 0.6) is 11.5 Å². The molecular weight excluding hydrogens is 552 g/mol. The molecule has 1 saturated heterocycles. The number of aryl methyl sites for hydroxylation is 2. The number of hydrogen-bond acceptors (Lipinski definition) is 6. The number of rotatable bonds is 7. The van der Waals surface area contributed by atoms with E-state index in [2.05, 4.69) is 57.1 Å². The fourth-order valence-corrected chi connectivity index (χ4v) is 8.67. The zero-order chi connectivity index (χ0) is 31.4. The number of hydrogen-bond donors (Lipinski definition) is 0. The van der Waals surface area contributed by atoms with Gasteiger partial charge in [0.1, 0.15) is 11.7 Å². The van der Waals surface area contributed by atoms with Crippen molar-refractivity contribution in [3.8, 4) is 23.3 Å². The van der Waals surface area contributed by atoms with Gasteiger partial charge >= 0.3 is 5.97 Å². The van der Waals surface area contributed by atoms with E-state index in [1.165, 1.54) is 18.1 Å². The van der Waals surface area contributed by atoms with E-state index in [4.69, 9.17) is 14.2 Å². The summed E-state index contributed by atoms with van der Waals surface area (Å²) in [5.74, 6) is 7.24. The van der Waals surface area contributed by atoms with Gasteiger partial charge in [-0.15, -0.1) is 6.58 Å². The van der Waals surface area contributed by atoms with Crippen molar-refractivity contribution >= 4 is 11.9 Å². The lowest BCUT2D eigenvalue weighted by Crippen LogP contribution is -2.79. The highest BCUT2D eigenvalue weighted by atomic mass is 16.6. The Hall–Kier alpha value is -3.76. The molecule has 2 bridgehead atoms. The molecule has 2 fully saturated rings. The number of likely N-dealkylation sites (tertiary alicyclic amines) is 1. The van der Waals surface area contributed by atoms with Crippen molar-refractivity contribution in [2.24, 2.45) is 5.92 Å². The van der Waals surface area contributed by atoms with Gasteiger partial charge in [-0.05, 0) is 80.3 Å². The lowest BCUT2D eigenvalue weighted by atomic mass is 9.48. The van der Waals surface area contributed by atoms with Gasteiger partial charge in [0, 0.05) is 43.6 Å². The number of esters is 1. The highest BCUT2D eigenvalue weighted by molar-refractivity contribution is 5.94. The maximum absolute atomic E-state index is 14.1. The Morgan fingerprint density at radius 2 is 2.00 bits per heavy atom. The minimum atomic E-state index is -0.802. The van der Waals surface area contributed by atoms with Crippen molar-refractivity contribution in [3.63, 3.8) is 0 Å². The Morgan fingerprint density at radius 1 is 1.20 bits per heavy atom. The van der Waals surface area contributed by atoms with Gasteiger partial charge in [0.2, 0.25) is 0 Å². The van der Waals surface area contributed by atoms with Gasteiger partial charge in [-0.2, -0.15) is 0 Å². The average molecular weight is 597 g/mol. The minimum absolute atomic E-state index is 0.0316. The maximum atomic E-state index is 14.1. The molecule has 0 radical (unpaired) electrons. The molecular formula is C37H44N2O5. The number of amides is 1. The molecule has 5 atom stereocenters. The van der Waals surface area contributed by atoms with Crippen LogP contribution in [0.4, 0.5) is 0 Å². The molecule has 0 N–H and O–H groups in total. The highest BCUT2D eigenvalue weighted by Gasteiger charge is 2.75. The van der Waals surface area contributed by atoms with E-state index >= 15 is 0 Å². The maximum Gasteiger partial charge on any atom is 0.303 e. The molecule has 7 heteroatoms. The Labute approximate surface area is 261 Å². The molecule has 6 rings (SSSR count). The second kappa shape index (κ2) is 11.3. The third-order valence-electron chi connectivity index (χ3n) is 10.4. The Balaban J connectivity index is 1.48. The van der Waals surface area contributed by atoms with Crippen LogP contribution in [-0.2, 0) is 26.2 Å². The number of carbonyl (C=O) groups is 2. The first-order chi connectivity index (χ1) is 21.1. The van der Waals surface area contributed by atoms with Crippen LogP contribution in [0.15, 0.2) is 43.0 Å². The summed E-state index contributed by atoms with van der Waals surface area (Å²) in [4.78, 5) is 31.4. The number of carbonyl (C=O) groups excluding carboxylic acids is 2. The Morgan fingerprint density at radius 3 is 2.68 bits per heavy atom. The van der Waals surface area contributed by atoms with Crippen molar-refractivity contribution in [1.29, 1.82) is 0 Å². The van der Waals surface area contributed by atoms with E-state index in [0.29, 0.717) is 31.7 Å². The Bertz CT molecular complexity index is 1570. The highest BCUT2D eigenvalue weighted by Crippen LogP contribution is 2.67. The summed E-state index contributed by atoms with van der Waals surface area (Å²) in [5.41, 5.74) is 4.03. The molecule has 1 amide bonds. The lowest BCUT2D eigenvalue weighted by molar-refractivity contribution is -0.223. The molecule has 2 aromatic rings. The van der Waals surface area contributed by atoms with Crippen LogP contribution in [-0.4, -0.2) is 72.2 Å². The van der Waals surface area contributed by atoms with Crippen LogP contribution in [0, 0.1) is 31.6 Å². The fraction of sp³-hybridized carbons (Fsp3) is 0.514. The monoisotopic (exact) mass is 596 g/mol. The van der Waals surface area contributed by atoms with Crippen LogP contribution in [0.1, 0.15) is 67.9 Å². The summed E-state index contributed by atoms with van der Waals surface area (Å²) >= 11 is 0. The van der Waals surface area contributed by atoms with E-state index < -0.39 is 17.1 Å². The van der Waals surface area contributed by atoms with Crippen molar-refractivity contribution in [2.45, 2.75) is 89.5 Å². The van der Waals surface area contributed by atoms with Crippen LogP contribution in [0.3, 0.4) is 0 Å². The molecule has 2 aliphatic carbocycles. The zero-order valence-electron chi connectivity index (χ0n) is 26.9. The van der Waals surface area contributed by atoms with Crippen LogP contribution in [0.25, 0.3) is 0 Å². The van der Waals surface area contributed by atoms with Crippen LogP contribution < -0.4 is 9.47 Å². The van der Waals surface area contributed by atoms with Crippen molar-refractivity contribution in [1.82, 2.24) is 9.80 Å². The zero-order valence-corrected chi connectivity index (χ0v) is 26.9. The number of piperidine rings is 1. The molecule has 1 spiro atoms. The molecule has 4 aliphatic rings. The topological polar surface area (TPSA) is 68.3 Å². The van der Waals surface area contributed by atoms with Gasteiger partial charge in [-0.25, -0.2) is 0 Å². The van der Waals surface area contributed by atoms with Crippen molar-refractivity contribution < 1.29 is 23.8 Å². The second-order valence-corrected chi connectivity index (χ2v) is 13.4. The molecule has 1 saturated carbocycles. The van der Waals surface area contributed by atoms with Gasteiger partial charge in [0.25, 0.3) is 5.91 Å². The van der Waals surface area contributed by atoms with Crippen LogP contribution in [0.2, 0.25) is 0 Å². The molecule has 0 aromatic heterocycles. The molecule has 2 aliphatic heterocycles. The van der Waals surface area contributed by atoms with E-state index in [-0.39, 0.29) is 29.9 Å². The summed E-state index contributed by atoms with van der Waals surface area (Å²) in [6.07, 6.45) is 4.24. The quantitative estimate of drug-likeness (QED) is 0.251. The van der Waals surface area contributed by atoms with E-state index in [1.54, 1.807) is 7.11 Å². The van der Waals surface area contributed by atoms with E-state index in [9.17, 15) is 9.59 Å².